The first-order chi connectivity index (χ1) is 12.6. The van der Waals surface area contributed by atoms with E-state index >= 15 is 0 Å². The first-order valence-corrected chi connectivity index (χ1v) is 9.34. The van der Waals surface area contributed by atoms with Gasteiger partial charge >= 0.3 is 0 Å². The van der Waals surface area contributed by atoms with E-state index in [4.69, 9.17) is 0 Å². The quantitative estimate of drug-likeness (QED) is 0.811. The Morgan fingerprint density at radius 2 is 1.67 bits per heavy atom. The molecular weight excluding hydrogens is 336 g/mol. The number of carbonyl (C=O) groups is 2. The zero-order chi connectivity index (χ0) is 20.2. The predicted molar refractivity (Wildman–Crippen MR) is 112 cm³/mol. The number of aryl methyl sites for hydroxylation is 2. The van der Waals surface area contributed by atoms with Crippen molar-refractivity contribution in [2.24, 2.45) is 0 Å². The third kappa shape index (κ3) is 5.43. The molecule has 0 aromatic heterocycles. The van der Waals surface area contributed by atoms with Gasteiger partial charge in [-0.1, -0.05) is 45.0 Å². The van der Waals surface area contributed by atoms with Crippen molar-refractivity contribution < 1.29 is 9.59 Å². The largest absolute Gasteiger partial charge is 0.326 e. The van der Waals surface area contributed by atoms with Gasteiger partial charge in [0.25, 0.3) is 0 Å². The lowest BCUT2D eigenvalue weighted by Gasteiger charge is -2.29. The number of para-hydroxylation sites is 1. The Morgan fingerprint density at radius 3 is 2.26 bits per heavy atom. The summed E-state index contributed by atoms with van der Waals surface area (Å²) in [6.45, 7) is 12.3. The van der Waals surface area contributed by atoms with Crippen LogP contribution in [0.25, 0.3) is 0 Å². The molecule has 0 saturated carbocycles. The Balaban J connectivity index is 2.12. The van der Waals surface area contributed by atoms with Crippen LogP contribution in [0.3, 0.4) is 0 Å². The SMILES string of the molecule is CC(=O)N(CCC(=O)Nc1ccc(C)c(C)c1)c1ccccc1C(C)(C)C. The van der Waals surface area contributed by atoms with E-state index in [0.717, 1.165) is 22.5 Å². The molecule has 0 aliphatic heterocycles. The Bertz CT molecular complexity index is 835. The molecule has 2 amide bonds. The zero-order valence-electron chi connectivity index (χ0n) is 17.2. The molecule has 0 aliphatic carbocycles. The molecule has 2 aromatic rings. The van der Waals surface area contributed by atoms with Crippen LogP contribution in [-0.4, -0.2) is 18.4 Å². The normalized spacial score (nSPS) is 11.2. The molecule has 1 N–H and O–H groups in total. The standard InChI is InChI=1S/C23H30N2O2/c1-16-11-12-19(15-17(16)2)24-22(27)13-14-25(18(3)26)21-10-8-7-9-20(21)23(4,5)6/h7-12,15H,13-14H2,1-6H3,(H,24,27). The molecule has 2 rings (SSSR count). The molecule has 0 spiro atoms. The van der Waals surface area contributed by atoms with Crippen LogP contribution < -0.4 is 10.2 Å². The summed E-state index contributed by atoms with van der Waals surface area (Å²) >= 11 is 0. The molecule has 0 fully saturated rings. The van der Waals surface area contributed by atoms with Crippen molar-refractivity contribution in [3.05, 3.63) is 59.2 Å². The van der Waals surface area contributed by atoms with Gasteiger partial charge in [-0.05, 0) is 54.2 Å². The number of hydrogen-bond donors (Lipinski definition) is 1. The van der Waals surface area contributed by atoms with Gasteiger partial charge in [0.15, 0.2) is 0 Å². The van der Waals surface area contributed by atoms with Gasteiger partial charge in [-0.3, -0.25) is 9.59 Å². The lowest BCUT2D eigenvalue weighted by Crippen LogP contribution is -2.34. The number of anilines is 2. The maximum Gasteiger partial charge on any atom is 0.226 e. The van der Waals surface area contributed by atoms with Gasteiger partial charge in [0.05, 0.1) is 0 Å². The number of rotatable bonds is 5. The average molecular weight is 367 g/mol. The van der Waals surface area contributed by atoms with Crippen LogP contribution in [0.4, 0.5) is 11.4 Å². The van der Waals surface area contributed by atoms with E-state index in [1.54, 1.807) is 11.8 Å². The molecule has 0 unspecified atom stereocenters. The number of hydrogen-bond acceptors (Lipinski definition) is 2. The summed E-state index contributed by atoms with van der Waals surface area (Å²) in [5, 5.41) is 2.92. The molecule has 0 bridgehead atoms. The first-order valence-electron chi connectivity index (χ1n) is 9.34. The van der Waals surface area contributed by atoms with Crippen molar-refractivity contribution in [2.75, 3.05) is 16.8 Å². The van der Waals surface area contributed by atoms with Crippen molar-refractivity contribution >= 4 is 23.2 Å². The monoisotopic (exact) mass is 366 g/mol. The highest BCUT2D eigenvalue weighted by molar-refractivity contribution is 5.95. The summed E-state index contributed by atoms with van der Waals surface area (Å²) in [6.07, 6.45) is 0.241. The molecule has 0 heterocycles. The van der Waals surface area contributed by atoms with Crippen molar-refractivity contribution in [2.45, 2.75) is 53.4 Å². The molecule has 0 atom stereocenters. The number of nitrogens with one attached hydrogen (secondary N) is 1. The molecule has 27 heavy (non-hydrogen) atoms. The molecule has 0 aliphatic rings. The summed E-state index contributed by atoms with van der Waals surface area (Å²) in [7, 11) is 0. The maximum absolute atomic E-state index is 12.4. The minimum atomic E-state index is -0.0993. The van der Waals surface area contributed by atoms with Crippen LogP contribution in [0, 0.1) is 13.8 Å². The lowest BCUT2D eigenvalue weighted by atomic mass is 9.85. The fraction of sp³-hybridized carbons (Fsp3) is 0.391. The van der Waals surface area contributed by atoms with Crippen LogP contribution in [0.1, 0.15) is 50.8 Å². The second kappa shape index (κ2) is 8.38. The fourth-order valence-electron chi connectivity index (χ4n) is 3.05. The van der Waals surface area contributed by atoms with Gasteiger partial charge < -0.3 is 10.2 Å². The summed E-state index contributed by atoms with van der Waals surface area (Å²) < 4.78 is 0. The van der Waals surface area contributed by atoms with Crippen LogP contribution in [-0.2, 0) is 15.0 Å². The van der Waals surface area contributed by atoms with Crippen molar-refractivity contribution in [1.29, 1.82) is 0 Å². The number of carbonyl (C=O) groups excluding carboxylic acids is 2. The Labute approximate surface area is 162 Å². The van der Waals surface area contributed by atoms with Crippen LogP contribution in [0.2, 0.25) is 0 Å². The molecule has 4 heteroatoms. The summed E-state index contributed by atoms with van der Waals surface area (Å²) in [4.78, 5) is 26.4. The molecule has 4 nitrogen and oxygen atoms in total. The highest BCUT2D eigenvalue weighted by Gasteiger charge is 2.23. The van der Waals surface area contributed by atoms with Gasteiger partial charge in [-0.15, -0.1) is 0 Å². The third-order valence-corrected chi connectivity index (χ3v) is 4.74. The topological polar surface area (TPSA) is 49.4 Å². The fourth-order valence-corrected chi connectivity index (χ4v) is 3.05. The minimum Gasteiger partial charge on any atom is -0.326 e. The second-order valence-corrected chi connectivity index (χ2v) is 8.04. The molecule has 2 aromatic carbocycles. The van der Waals surface area contributed by atoms with Gasteiger partial charge in [-0.2, -0.15) is 0 Å². The van der Waals surface area contributed by atoms with Crippen LogP contribution in [0.15, 0.2) is 42.5 Å². The first kappa shape index (κ1) is 20.7. The summed E-state index contributed by atoms with van der Waals surface area (Å²) in [6, 6.07) is 13.8. The molecular formula is C23H30N2O2. The van der Waals surface area contributed by atoms with Crippen LogP contribution in [0.5, 0.6) is 0 Å². The Morgan fingerprint density at radius 1 is 1.00 bits per heavy atom. The van der Waals surface area contributed by atoms with E-state index in [1.807, 2.05) is 56.3 Å². The summed E-state index contributed by atoms with van der Waals surface area (Å²) in [5.41, 5.74) is 4.98. The second-order valence-electron chi connectivity index (χ2n) is 8.04. The van der Waals surface area contributed by atoms with Crippen molar-refractivity contribution in [1.82, 2.24) is 0 Å². The van der Waals surface area contributed by atoms with E-state index in [9.17, 15) is 9.59 Å². The van der Waals surface area contributed by atoms with Gasteiger partial charge in [-0.25, -0.2) is 0 Å². The van der Waals surface area contributed by atoms with Gasteiger partial charge in [0, 0.05) is 31.3 Å². The minimum absolute atomic E-state index is 0.0642. The van der Waals surface area contributed by atoms with E-state index in [-0.39, 0.29) is 23.7 Å². The Hall–Kier alpha value is -2.62. The van der Waals surface area contributed by atoms with E-state index < -0.39 is 0 Å². The predicted octanol–water partition coefficient (Wildman–Crippen LogP) is 4.98. The average Bonchev–Trinajstić information content (AvgIpc) is 2.57. The highest BCUT2D eigenvalue weighted by atomic mass is 16.2. The maximum atomic E-state index is 12.4. The summed E-state index contributed by atoms with van der Waals surface area (Å²) in [5.74, 6) is -0.163. The molecule has 0 saturated heterocycles. The molecule has 0 radical (unpaired) electrons. The van der Waals surface area contributed by atoms with E-state index in [1.165, 1.54) is 5.56 Å². The number of nitrogens with zero attached hydrogens (tertiary/aromatic N) is 1. The smallest absolute Gasteiger partial charge is 0.226 e. The number of amides is 2. The Kier molecular flexibility index (Phi) is 6.42. The lowest BCUT2D eigenvalue weighted by molar-refractivity contribution is -0.117. The van der Waals surface area contributed by atoms with E-state index in [2.05, 4.69) is 26.1 Å². The third-order valence-electron chi connectivity index (χ3n) is 4.74. The number of benzene rings is 2. The van der Waals surface area contributed by atoms with Crippen molar-refractivity contribution in [3.63, 3.8) is 0 Å². The molecule has 144 valence electrons. The van der Waals surface area contributed by atoms with Crippen LogP contribution >= 0.6 is 0 Å². The van der Waals surface area contributed by atoms with Crippen molar-refractivity contribution in [3.8, 4) is 0 Å². The van der Waals surface area contributed by atoms with Gasteiger partial charge in [0.1, 0.15) is 0 Å². The van der Waals surface area contributed by atoms with E-state index in [0.29, 0.717) is 6.54 Å². The van der Waals surface area contributed by atoms with Gasteiger partial charge in [0.2, 0.25) is 11.8 Å². The highest BCUT2D eigenvalue weighted by Crippen LogP contribution is 2.32. The zero-order valence-corrected chi connectivity index (χ0v) is 17.2.